The van der Waals surface area contributed by atoms with Gasteiger partial charge in [0.1, 0.15) is 5.60 Å². The molecule has 3 heteroatoms. The normalized spacial score (nSPS) is 26.5. The highest BCUT2D eigenvalue weighted by atomic mass is 16.6. The van der Waals surface area contributed by atoms with Gasteiger partial charge in [-0.3, -0.25) is 4.79 Å². The van der Waals surface area contributed by atoms with Crippen molar-refractivity contribution in [1.82, 2.24) is 0 Å². The molecule has 3 nitrogen and oxygen atoms in total. The summed E-state index contributed by atoms with van der Waals surface area (Å²) in [5, 5.41) is 0. The average molecular weight is 227 g/mol. The van der Waals surface area contributed by atoms with Gasteiger partial charge in [0.2, 0.25) is 0 Å². The van der Waals surface area contributed by atoms with Gasteiger partial charge in [-0.1, -0.05) is 0 Å². The lowest BCUT2D eigenvalue weighted by molar-refractivity contribution is -0.156. The summed E-state index contributed by atoms with van der Waals surface area (Å²) in [7, 11) is 0. The Balaban J connectivity index is 2.26. The fraction of sp³-hybridized carbons (Fsp3) is 0.923. The minimum Gasteiger partial charge on any atom is -0.460 e. The van der Waals surface area contributed by atoms with Crippen LogP contribution < -0.4 is 5.73 Å². The molecule has 1 aliphatic carbocycles. The van der Waals surface area contributed by atoms with Gasteiger partial charge in [-0.2, -0.15) is 0 Å². The van der Waals surface area contributed by atoms with Crippen molar-refractivity contribution in [3.63, 3.8) is 0 Å². The van der Waals surface area contributed by atoms with E-state index in [1.54, 1.807) is 0 Å². The van der Waals surface area contributed by atoms with E-state index in [4.69, 9.17) is 10.5 Å². The van der Waals surface area contributed by atoms with Crippen molar-refractivity contribution in [3.8, 4) is 0 Å². The first kappa shape index (κ1) is 13.5. The maximum Gasteiger partial charge on any atom is 0.306 e. The smallest absolute Gasteiger partial charge is 0.306 e. The molecule has 2 N–H and O–H groups in total. The zero-order chi connectivity index (χ0) is 12.2. The Kier molecular flexibility index (Phi) is 4.78. The number of esters is 1. The first-order chi connectivity index (χ1) is 7.40. The molecule has 0 aromatic heterocycles. The summed E-state index contributed by atoms with van der Waals surface area (Å²) in [5.41, 5.74) is 5.29. The van der Waals surface area contributed by atoms with Gasteiger partial charge < -0.3 is 10.5 Å². The highest BCUT2D eigenvalue weighted by molar-refractivity contribution is 5.70. The molecule has 0 amide bonds. The molecule has 0 aromatic carbocycles. The van der Waals surface area contributed by atoms with Crippen LogP contribution in [-0.2, 0) is 9.53 Å². The van der Waals surface area contributed by atoms with Crippen LogP contribution in [0.4, 0.5) is 0 Å². The van der Waals surface area contributed by atoms with Gasteiger partial charge in [-0.05, 0) is 64.8 Å². The monoisotopic (exact) mass is 227 g/mol. The van der Waals surface area contributed by atoms with Crippen molar-refractivity contribution in [2.45, 2.75) is 58.5 Å². The predicted molar refractivity (Wildman–Crippen MR) is 65.0 cm³/mol. The fourth-order valence-corrected chi connectivity index (χ4v) is 2.29. The standard InChI is InChI=1S/C13H25NO2/c1-13(2,3)16-12(15)8-10-4-6-11(9-14)7-5-10/h10-11H,4-9,14H2,1-3H3/t10-,11-. The van der Waals surface area contributed by atoms with E-state index in [2.05, 4.69) is 0 Å². The molecular formula is C13H25NO2. The summed E-state index contributed by atoms with van der Waals surface area (Å²) >= 11 is 0. The molecule has 16 heavy (non-hydrogen) atoms. The lowest BCUT2D eigenvalue weighted by Crippen LogP contribution is -2.27. The Morgan fingerprint density at radius 1 is 1.19 bits per heavy atom. The molecule has 1 rings (SSSR count). The first-order valence-corrected chi connectivity index (χ1v) is 6.32. The summed E-state index contributed by atoms with van der Waals surface area (Å²) < 4.78 is 5.33. The van der Waals surface area contributed by atoms with Crippen LogP contribution in [0.2, 0.25) is 0 Å². The second-order valence-corrected chi connectivity index (χ2v) is 5.91. The van der Waals surface area contributed by atoms with Crippen LogP contribution in [0.25, 0.3) is 0 Å². The second-order valence-electron chi connectivity index (χ2n) is 5.91. The second kappa shape index (κ2) is 5.67. The number of nitrogens with two attached hydrogens (primary N) is 1. The minimum absolute atomic E-state index is 0.0521. The van der Waals surface area contributed by atoms with E-state index >= 15 is 0 Å². The topological polar surface area (TPSA) is 52.3 Å². The third-order valence-corrected chi connectivity index (χ3v) is 3.18. The lowest BCUT2D eigenvalue weighted by Gasteiger charge is -2.28. The minimum atomic E-state index is -0.356. The number of rotatable bonds is 3. The quantitative estimate of drug-likeness (QED) is 0.754. The summed E-state index contributed by atoms with van der Waals surface area (Å²) in [6, 6.07) is 0. The largest absolute Gasteiger partial charge is 0.460 e. The molecule has 0 unspecified atom stereocenters. The Morgan fingerprint density at radius 2 is 1.69 bits per heavy atom. The van der Waals surface area contributed by atoms with Crippen LogP contribution in [-0.4, -0.2) is 18.1 Å². The van der Waals surface area contributed by atoms with Crippen molar-refractivity contribution in [1.29, 1.82) is 0 Å². The average Bonchev–Trinajstić information content (AvgIpc) is 2.16. The molecule has 0 bridgehead atoms. The van der Waals surface area contributed by atoms with E-state index < -0.39 is 0 Å². The maximum atomic E-state index is 11.6. The third-order valence-electron chi connectivity index (χ3n) is 3.18. The molecule has 1 aliphatic rings. The van der Waals surface area contributed by atoms with E-state index in [9.17, 15) is 4.79 Å². The lowest BCUT2D eigenvalue weighted by atomic mass is 9.80. The van der Waals surface area contributed by atoms with E-state index in [1.807, 2.05) is 20.8 Å². The number of carbonyl (C=O) groups is 1. The number of hydrogen-bond acceptors (Lipinski definition) is 3. The molecule has 0 aromatic rings. The highest BCUT2D eigenvalue weighted by Crippen LogP contribution is 2.30. The SMILES string of the molecule is CC(C)(C)OC(=O)C[C@H]1CC[C@H](CN)CC1. The third kappa shape index (κ3) is 4.97. The van der Waals surface area contributed by atoms with Gasteiger partial charge in [0.15, 0.2) is 0 Å². The summed E-state index contributed by atoms with van der Waals surface area (Å²) in [6.07, 6.45) is 5.17. The summed E-state index contributed by atoms with van der Waals surface area (Å²) in [4.78, 5) is 11.6. The maximum absolute atomic E-state index is 11.6. The molecule has 0 atom stereocenters. The zero-order valence-corrected chi connectivity index (χ0v) is 10.8. The summed E-state index contributed by atoms with van der Waals surface area (Å²) in [6.45, 7) is 6.53. The molecule has 1 saturated carbocycles. The van der Waals surface area contributed by atoms with Crippen molar-refractivity contribution in [3.05, 3.63) is 0 Å². The van der Waals surface area contributed by atoms with Gasteiger partial charge in [-0.15, -0.1) is 0 Å². The Labute approximate surface area is 98.7 Å². The number of hydrogen-bond donors (Lipinski definition) is 1. The summed E-state index contributed by atoms with van der Waals surface area (Å²) in [5.74, 6) is 1.14. The van der Waals surface area contributed by atoms with Crippen LogP contribution in [0.5, 0.6) is 0 Å². The molecule has 1 fully saturated rings. The van der Waals surface area contributed by atoms with E-state index in [-0.39, 0.29) is 11.6 Å². The van der Waals surface area contributed by atoms with Crippen LogP contribution in [0.3, 0.4) is 0 Å². The zero-order valence-electron chi connectivity index (χ0n) is 10.8. The molecule has 94 valence electrons. The molecular weight excluding hydrogens is 202 g/mol. The van der Waals surface area contributed by atoms with E-state index in [1.165, 1.54) is 12.8 Å². The van der Waals surface area contributed by atoms with Crippen molar-refractivity contribution >= 4 is 5.97 Å². The van der Waals surface area contributed by atoms with Gasteiger partial charge >= 0.3 is 5.97 Å². The van der Waals surface area contributed by atoms with Gasteiger partial charge in [-0.25, -0.2) is 0 Å². The van der Waals surface area contributed by atoms with Crippen molar-refractivity contribution < 1.29 is 9.53 Å². The van der Waals surface area contributed by atoms with Gasteiger partial charge in [0.25, 0.3) is 0 Å². The Hall–Kier alpha value is -0.570. The molecule has 0 heterocycles. The molecule has 0 spiro atoms. The highest BCUT2D eigenvalue weighted by Gasteiger charge is 2.24. The Bertz CT molecular complexity index is 225. The van der Waals surface area contributed by atoms with Crippen LogP contribution in [0.1, 0.15) is 52.9 Å². The van der Waals surface area contributed by atoms with Gasteiger partial charge in [0, 0.05) is 6.42 Å². The molecule has 0 aliphatic heterocycles. The van der Waals surface area contributed by atoms with Crippen LogP contribution in [0, 0.1) is 11.8 Å². The van der Waals surface area contributed by atoms with Crippen molar-refractivity contribution in [2.75, 3.05) is 6.54 Å². The molecule has 0 saturated heterocycles. The van der Waals surface area contributed by atoms with Gasteiger partial charge in [0.05, 0.1) is 0 Å². The van der Waals surface area contributed by atoms with E-state index in [0.29, 0.717) is 18.3 Å². The molecule has 0 radical (unpaired) electrons. The van der Waals surface area contributed by atoms with Crippen molar-refractivity contribution in [2.24, 2.45) is 17.6 Å². The predicted octanol–water partition coefficient (Wildman–Crippen LogP) is 2.48. The first-order valence-electron chi connectivity index (χ1n) is 6.32. The number of carbonyl (C=O) groups excluding carboxylic acids is 1. The van der Waals surface area contributed by atoms with E-state index in [0.717, 1.165) is 19.4 Å². The Morgan fingerprint density at radius 3 is 2.12 bits per heavy atom. The van der Waals surface area contributed by atoms with Crippen LogP contribution >= 0.6 is 0 Å². The number of ether oxygens (including phenoxy) is 1. The fourth-order valence-electron chi connectivity index (χ4n) is 2.29. The van der Waals surface area contributed by atoms with Crippen LogP contribution in [0.15, 0.2) is 0 Å².